The molecular formula is C32H44N10O7. The highest BCUT2D eigenvalue weighted by Gasteiger charge is 2.48. The number of carboxylic acids is 1. The molecule has 0 radical (unpaired) electrons. The minimum absolute atomic E-state index is 0.105. The van der Waals surface area contributed by atoms with Gasteiger partial charge in [0.15, 0.2) is 0 Å². The van der Waals surface area contributed by atoms with E-state index in [0.717, 1.165) is 0 Å². The molecule has 4 aliphatic rings. The summed E-state index contributed by atoms with van der Waals surface area (Å²) in [5, 5.41) is 12.4. The zero-order chi connectivity index (χ0) is 34.7. The molecule has 17 nitrogen and oxygen atoms in total. The summed E-state index contributed by atoms with van der Waals surface area (Å²) in [5.74, 6) is -3.02. The van der Waals surface area contributed by atoms with E-state index in [1.54, 1.807) is 12.4 Å². The average molecular weight is 681 g/mol. The Morgan fingerprint density at radius 3 is 1.61 bits per heavy atom. The fraction of sp³-hybridized carbons (Fsp3) is 0.625. The Kier molecular flexibility index (Phi) is 10.3. The molecule has 4 saturated heterocycles. The van der Waals surface area contributed by atoms with E-state index in [2.05, 4.69) is 25.3 Å². The number of H-pyrrole nitrogens is 2. The summed E-state index contributed by atoms with van der Waals surface area (Å²) < 4.78 is 0. The van der Waals surface area contributed by atoms with E-state index in [4.69, 9.17) is 5.73 Å². The van der Waals surface area contributed by atoms with Crippen LogP contribution in [0.3, 0.4) is 0 Å². The molecule has 5 amide bonds. The van der Waals surface area contributed by atoms with Gasteiger partial charge < -0.3 is 45.7 Å². The number of imidazole rings is 2. The highest BCUT2D eigenvalue weighted by molar-refractivity contribution is 5.97. The van der Waals surface area contributed by atoms with Crippen molar-refractivity contribution in [3.63, 3.8) is 0 Å². The Hall–Kier alpha value is -4.80. The van der Waals surface area contributed by atoms with Gasteiger partial charge in [0.05, 0.1) is 18.7 Å². The fourth-order valence-corrected chi connectivity index (χ4v) is 7.74. The predicted molar refractivity (Wildman–Crippen MR) is 171 cm³/mol. The first-order valence-electron chi connectivity index (χ1n) is 17.1. The number of nitrogens with one attached hydrogen (secondary N) is 3. The van der Waals surface area contributed by atoms with Crippen LogP contribution in [0.5, 0.6) is 0 Å². The number of hydrogen-bond donors (Lipinski definition) is 5. The molecule has 2 aromatic rings. The largest absolute Gasteiger partial charge is 0.480 e. The molecule has 6 atom stereocenters. The van der Waals surface area contributed by atoms with Crippen LogP contribution in [0.1, 0.15) is 62.8 Å². The molecule has 0 unspecified atom stereocenters. The third-order valence-electron chi connectivity index (χ3n) is 10.2. The Balaban J connectivity index is 1.14. The summed E-state index contributed by atoms with van der Waals surface area (Å²) in [4.78, 5) is 100. The van der Waals surface area contributed by atoms with Gasteiger partial charge in [-0.15, -0.1) is 0 Å². The minimum Gasteiger partial charge on any atom is -0.480 e. The molecule has 17 heteroatoms. The van der Waals surface area contributed by atoms with Crippen molar-refractivity contribution in [3.05, 3.63) is 36.4 Å². The SMILES string of the molecule is N[C@@H](Cc1cnc[nH]1)C(=O)N[C@@H](Cc1cnc[nH]1)C(=O)N1CCC[C@H]1C(=O)N1CCC[C@H]1C(=O)N1CCC[C@H]1C(=O)N1CCC[C@H]1C(=O)O. The summed E-state index contributed by atoms with van der Waals surface area (Å²) in [7, 11) is 0. The van der Waals surface area contributed by atoms with Crippen molar-refractivity contribution in [3.8, 4) is 0 Å². The number of likely N-dealkylation sites (tertiary alicyclic amines) is 4. The Morgan fingerprint density at radius 2 is 1.14 bits per heavy atom. The van der Waals surface area contributed by atoms with Crippen LogP contribution in [0.15, 0.2) is 25.0 Å². The van der Waals surface area contributed by atoms with Gasteiger partial charge in [0.25, 0.3) is 0 Å². The van der Waals surface area contributed by atoms with Crippen LogP contribution in [-0.2, 0) is 41.6 Å². The van der Waals surface area contributed by atoms with Gasteiger partial charge in [-0.2, -0.15) is 0 Å². The van der Waals surface area contributed by atoms with E-state index in [1.807, 2.05) is 0 Å². The normalized spacial score (nSPS) is 25.1. The maximum absolute atomic E-state index is 14.2. The number of aromatic amines is 2. The van der Waals surface area contributed by atoms with E-state index >= 15 is 0 Å². The highest BCUT2D eigenvalue weighted by atomic mass is 16.4. The molecular weight excluding hydrogens is 636 g/mol. The second-order valence-electron chi connectivity index (χ2n) is 13.3. The number of aliphatic carboxylic acids is 1. The molecule has 2 aromatic heterocycles. The Bertz CT molecular complexity index is 1530. The smallest absolute Gasteiger partial charge is 0.326 e. The van der Waals surface area contributed by atoms with Gasteiger partial charge in [0, 0.05) is 62.8 Å². The van der Waals surface area contributed by atoms with E-state index in [-0.39, 0.29) is 30.6 Å². The quantitative estimate of drug-likeness (QED) is 0.190. The summed E-state index contributed by atoms with van der Waals surface area (Å²) in [6.45, 7) is 1.33. The lowest BCUT2D eigenvalue weighted by molar-refractivity contribution is -0.154. The van der Waals surface area contributed by atoms with E-state index in [0.29, 0.717) is 88.9 Å². The first kappa shape index (κ1) is 34.1. The van der Waals surface area contributed by atoms with Crippen molar-refractivity contribution in [2.24, 2.45) is 5.73 Å². The first-order valence-corrected chi connectivity index (χ1v) is 17.1. The standard InChI is InChI=1S/C32H44N10O7/c33-21(13-19-15-34-17-36-19)27(43)38-22(14-20-16-35-18-37-20)28(44)39-9-1-5-23(39)29(45)40-10-2-6-24(40)30(46)41-11-3-7-25(41)31(47)42-12-4-8-26(42)32(48)49/h15-18,21-26H,1-14,33H2,(H,34,36)(H,35,37)(H,38,43)(H,48,49)/t21-,22-,23-,24-,25-,26-/m0/s1. The molecule has 6 N–H and O–H groups in total. The molecule has 0 bridgehead atoms. The molecule has 4 aliphatic heterocycles. The third-order valence-corrected chi connectivity index (χ3v) is 10.2. The fourth-order valence-electron chi connectivity index (χ4n) is 7.74. The Labute approximate surface area is 283 Å². The van der Waals surface area contributed by atoms with Gasteiger partial charge >= 0.3 is 5.97 Å². The third kappa shape index (κ3) is 7.16. The van der Waals surface area contributed by atoms with Crippen molar-refractivity contribution < 1.29 is 33.9 Å². The van der Waals surface area contributed by atoms with Gasteiger partial charge in [-0.25, -0.2) is 14.8 Å². The predicted octanol–water partition coefficient (Wildman–Crippen LogP) is -1.22. The van der Waals surface area contributed by atoms with E-state index < -0.39 is 54.0 Å². The molecule has 0 aliphatic carbocycles. The number of aromatic nitrogens is 4. The number of amides is 5. The minimum atomic E-state index is -1.05. The molecule has 0 saturated carbocycles. The lowest BCUT2D eigenvalue weighted by atomic mass is 10.1. The lowest BCUT2D eigenvalue weighted by Crippen LogP contribution is -2.59. The van der Waals surface area contributed by atoms with Gasteiger partial charge in [0.2, 0.25) is 29.5 Å². The number of carbonyl (C=O) groups excluding carboxylic acids is 5. The number of carbonyl (C=O) groups is 6. The van der Waals surface area contributed by atoms with Crippen LogP contribution >= 0.6 is 0 Å². The van der Waals surface area contributed by atoms with Crippen LogP contribution in [0, 0.1) is 0 Å². The zero-order valence-corrected chi connectivity index (χ0v) is 27.3. The molecule has 49 heavy (non-hydrogen) atoms. The van der Waals surface area contributed by atoms with Crippen molar-refractivity contribution in [2.75, 3.05) is 26.2 Å². The second kappa shape index (κ2) is 14.8. The van der Waals surface area contributed by atoms with Crippen molar-refractivity contribution >= 4 is 35.5 Å². The molecule has 6 heterocycles. The molecule has 0 aromatic carbocycles. The molecule has 0 spiro atoms. The van der Waals surface area contributed by atoms with Gasteiger partial charge in [-0.05, 0) is 51.4 Å². The van der Waals surface area contributed by atoms with Crippen LogP contribution in [-0.4, -0.2) is 143 Å². The maximum Gasteiger partial charge on any atom is 0.326 e. The van der Waals surface area contributed by atoms with Gasteiger partial charge in [-0.1, -0.05) is 0 Å². The molecule has 6 rings (SSSR count). The molecule has 4 fully saturated rings. The zero-order valence-electron chi connectivity index (χ0n) is 27.3. The van der Waals surface area contributed by atoms with Crippen molar-refractivity contribution in [1.29, 1.82) is 0 Å². The Morgan fingerprint density at radius 1 is 0.714 bits per heavy atom. The van der Waals surface area contributed by atoms with Gasteiger partial charge in [-0.3, -0.25) is 24.0 Å². The van der Waals surface area contributed by atoms with Crippen LogP contribution in [0.2, 0.25) is 0 Å². The first-order chi connectivity index (χ1) is 23.6. The van der Waals surface area contributed by atoms with Gasteiger partial charge in [0.1, 0.15) is 30.2 Å². The number of rotatable bonds is 11. The number of nitrogens with zero attached hydrogens (tertiary/aromatic N) is 6. The number of carboxylic acid groups (broad SMARTS) is 1. The van der Waals surface area contributed by atoms with Crippen molar-refractivity contribution in [2.45, 2.75) is 100 Å². The summed E-state index contributed by atoms with van der Waals surface area (Å²) >= 11 is 0. The highest BCUT2D eigenvalue weighted by Crippen LogP contribution is 2.30. The lowest BCUT2D eigenvalue weighted by Gasteiger charge is -2.35. The van der Waals surface area contributed by atoms with Crippen molar-refractivity contribution in [1.82, 2.24) is 44.9 Å². The monoisotopic (exact) mass is 680 g/mol. The van der Waals surface area contributed by atoms with E-state index in [9.17, 15) is 33.9 Å². The number of nitrogens with two attached hydrogens (primary N) is 1. The van der Waals surface area contributed by atoms with Crippen LogP contribution in [0.4, 0.5) is 0 Å². The van der Waals surface area contributed by atoms with Crippen LogP contribution < -0.4 is 11.1 Å². The summed E-state index contributed by atoms with van der Waals surface area (Å²) in [5.41, 5.74) is 7.46. The van der Waals surface area contributed by atoms with E-state index in [1.165, 1.54) is 32.3 Å². The topological polar surface area (TPSA) is 231 Å². The average Bonchev–Trinajstić information content (AvgIpc) is 3.95. The summed E-state index contributed by atoms with van der Waals surface area (Å²) in [6, 6.07) is -5.24. The number of hydrogen-bond acceptors (Lipinski definition) is 9. The maximum atomic E-state index is 14.2. The van der Waals surface area contributed by atoms with Crippen LogP contribution in [0.25, 0.3) is 0 Å². The second-order valence-corrected chi connectivity index (χ2v) is 13.3. The molecule has 264 valence electrons. The summed E-state index contributed by atoms with van der Waals surface area (Å²) in [6.07, 6.45) is 10.4.